The Bertz CT molecular complexity index is 700. The first kappa shape index (κ1) is 17.0. The van der Waals surface area contributed by atoms with E-state index >= 15 is 0 Å². The third kappa shape index (κ3) is 3.79. The lowest BCUT2D eigenvalue weighted by atomic mass is 9.94. The Labute approximate surface area is 137 Å². The van der Waals surface area contributed by atoms with E-state index in [4.69, 9.17) is 4.74 Å². The van der Waals surface area contributed by atoms with Crippen LogP contribution in [0.3, 0.4) is 0 Å². The highest BCUT2D eigenvalue weighted by Gasteiger charge is 2.30. The second kappa shape index (κ2) is 6.94. The summed E-state index contributed by atoms with van der Waals surface area (Å²) in [4.78, 5) is 4.01. The minimum atomic E-state index is -4.39. The molecule has 1 aliphatic heterocycles. The minimum absolute atomic E-state index is 0.177. The first-order valence-corrected chi connectivity index (χ1v) is 7.91. The van der Waals surface area contributed by atoms with Crippen molar-refractivity contribution in [2.24, 2.45) is 5.92 Å². The van der Waals surface area contributed by atoms with Crippen molar-refractivity contribution in [3.63, 3.8) is 0 Å². The highest BCUT2D eigenvalue weighted by molar-refractivity contribution is 5.91. The molecule has 4 nitrogen and oxygen atoms in total. The predicted octanol–water partition coefficient (Wildman–Crippen LogP) is 3.45. The first-order chi connectivity index (χ1) is 11.4. The van der Waals surface area contributed by atoms with E-state index in [1.54, 1.807) is 6.07 Å². The zero-order valence-electron chi connectivity index (χ0n) is 13.0. The van der Waals surface area contributed by atoms with Crippen LogP contribution in [-0.4, -0.2) is 36.0 Å². The van der Waals surface area contributed by atoms with Crippen molar-refractivity contribution in [1.82, 2.24) is 4.98 Å². The van der Waals surface area contributed by atoms with Gasteiger partial charge in [0.2, 0.25) is 0 Å². The van der Waals surface area contributed by atoms with E-state index < -0.39 is 17.8 Å². The van der Waals surface area contributed by atoms with E-state index in [1.807, 2.05) is 0 Å². The maximum atomic E-state index is 12.8. The van der Waals surface area contributed by atoms with Gasteiger partial charge in [-0.25, -0.2) is 0 Å². The summed E-state index contributed by atoms with van der Waals surface area (Å²) in [7, 11) is 0. The van der Waals surface area contributed by atoms with E-state index in [2.05, 4.69) is 10.3 Å². The van der Waals surface area contributed by atoms with Gasteiger partial charge in [-0.2, -0.15) is 13.2 Å². The number of nitrogens with zero attached hydrogens (tertiary/aromatic N) is 1. The Hall–Kier alpha value is -1.86. The van der Waals surface area contributed by atoms with Gasteiger partial charge < -0.3 is 15.2 Å². The SMILES string of the molecule is OC(CNc1ccnc2cc(C(F)(F)F)ccc12)C1CCOCC1. The molecule has 24 heavy (non-hydrogen) atoms. The number of aromatic nitrogens is 1. The highest BCUT2D eigenvalue weighted by atomic mass is 19.4. The van der Waals surface area contributed by atoms with E-state index in [0.717, 1.165) is 25.0 Å². The van der Waals surface area contributed by atoms with Gasteiger partial charge in [-0.1, -0.05) is 6.07 Å². The molecule has 0 spiro atoms. The third-order valence-electron chi connectivity index (χ3n) is 4.38. The van der Waals surface area contributed by atoms with Gasteiger partial charge >= 0.3 is 6.18 Å². The molecule has 0 amide bonds. The van der Waals surface area contributed by atoms with Crippen molar-refractivity contribution in [2.75, 3.05) is 25.1 Å². The Balaban J connectivity index is 1.74. The summed E-state index contributed by atoms with van der Waals surface area (Å²) in [6, 6.07) is 5.19. The molecule has 0 aliphatic carbocycles. The molecular formula is C17H19F3N2O2. The Kier molecular flexibility index (Phi) is 4.91. The molecule has 0 radical (unpaired) electrons. The van der Waals surface area contributed by atoms with E-state index in [9.17, 15) is 18.3 Å². The van der Waals surface area contributed by atoms with Crippen LogP contribution < -0.4 is 5.32 Å². The minimum Gasteiger partial charge on any atom is -0.391 e. The molecule has 2 N–H and O–H groups in total. The number of ether oxygens (including phenoxy) is 1. The molecule has 1 aromatic heterocycles. The van der Waals surface area contributed by atoms with Crippen LogP contribution in [0.25, 0.3) is 10.9 Å². The number of halogens is 3. The number of hydrogen-bond acceptors (Lipinski definition) is 4. The smallest absolute Gasteiger partial charge is 0.391 e. The number of rotatable bonds is 4. The Morgan fingerprint density at radius 2 is 2.00 bits per heavy atom. The van der Waals surface area contributed by atoms with Crippen LogP contribution in [0.4, 0.5) is 18.9 Å². The quantitative estimate of drug-likeness (QED) is 0.895. The molecule has 1 saturated heterocycles. The largest absolute Gasteiger partial charge is 0.416 e. The van der Waals surface area contributed by atoms with Gasteiger partial charge in [0.25, 0.3) is 0 Å². The number of hydrogen-bond donors (Lipinski definition) is 2. The molecule has 1 aromatic carbocycles. The molecule has 1 unspecified atom stereocenters. The number of nitrogens with one attached hydrogen (secondary N) is 1. The molecule has 7 heteroatoms. The van der Waals surface area contributed by atoms with Crippen molar-refractivity contribution in [3.05, 3.63) is 36.0 Å². The average Bonchev–Trinajstić information content (AvgIpc) is 2.59. The topological polar surface area (TPSA) is 54.4 Å². The first-order valence-electron chi connectivity index (χ1n) is 7.91. The van der Waals surface area contributed by atoms with E-state index in [1.165, 1.54) is 12.3 Å². The fourth-order valence-corrected chi connectivity index (χ4v) is 2.96. The van der Waals surface area contributed by atoms with E-state index in [-0.39, 0.29) is 11.4 Å². The van der Waals surface area contributed by atoms with Crippen LogP contribution in [0.1, 0.15) is 18.4 Å². The maximum Gasteiger partial charge on any atom is 0.416 e. The number of anilines is 1. The Morgan fingerprint density at radius 1 is 1.25 bits per heavy atom. The second-order valence-corrected chi connectivity index (χ2v) is 5.99. The standard InChI is InChI=1S/C17H19F3N2O2/c18-17(19,20)12-1-2-13-14(3-6-21-15(13)9-12)22-10-16(23)11-4-7-24-8-5-11/h1-3,6,9,11,16,23H,4-5,7-8,10H2,(H,21,22). The van der Waals surface area contributed by atoms with Gasteiger partial charge in [0.15, 0.2) is 0 Å². The number of aliphatic hydroxyl groups excluding tert-OH is 1. The summed E-state index contributed by atoms with van der Waals surface area (Å²) < 4.78 is 43.6. The van der Waals surface area contributed by atoms with Crippen LogP contribution in [-0.2, 0) is 10.9 Å². The monoisotopic (exact) mass is 340 g/mol. The molecule has 1 fully saturated rings. The van der Waals surface area contributed by atoms with Gasteiger partial charge in [-0.3, -0.25) is 4.98 Å². The molecule has 2 aromatic rings. The Morgan fingerprint density at radius 3 is 2.71 bits per heavy atom. The lowest BCUT2D eigenvalue weighted by Gasteiger charge is -2.27. The van der Waals surface area contributed by atoms with Gasteiger partial charge in [-0.05, 0) is 37.0 Å². The van der Waals surface area contributed by atoms with Gasteiger partial charge in [-0.15, -0.1) is 0 Å². The van der Waals surface area contributed by atoms with E-state index in [0.29, 0.717) is 30.8 Å². The lowest BCUT2D eigenvalue weighted by molar-refractivity contribution is -0.137. The second-order valence-electron chi connectivity index (χ2n) is 5.99. The molecular weight excluding hydrogens is 321 g/mol. The van der Waals surface area contributed by atoms with Crippen LogP contribution in [0.15, 0.2) is 30.5 Å². The van der Waals surface area contributed by atoms with Gasteiger partial charge in [0.1, 0.15) is 0 Å². The normalized spacial score (nSPS) is 17.8. The molecule has 130 valence electrons. The van der Waals surface area contributed by atoms with Gasteiger partial charge in [0, 0.05) is 37.0 Å². The van der Waals surface area contributed by atoms with Crippen LogP contribution in [0.2, 0.25) is 0 Å². The average molecular weight is 340 g/mol. The van der Waals surface area contributed by atoms with Crippen LogP contribution in [0.5, 0.6) is 0 Å². The fraction of sp³-hybridized carbons (Fsp3) is 0.471. The number of pyridine rings is 1. The zero-order valence-corrected chi connectivity index (χ0v) is 13.0. The van der Waals surface area contributed by atoms with Crippen molar-refractivity contribution in [2.45, 2.75) is 25.1 Å². The molecule has 2 heterocycles. The number of alkyl halides is 3. The molecule has 3 rings (SSSR count). The summed E-state index contributed by atoms with van der Waals surface area (Å²) in [5, 5.41) is 14.0. The number of fused-ring (bicyclic) bond motifs is 1. The lowest BCUT2D eigenvalue weighted by Crippen LogP contribution is -2.32. The van der Waals surface area contributed by atoms with Crippen molar-refractivity contribution < 1.29 is 23.0 Å². The summed E-state index contributed by atoms with van der Waals surface area (Å²) in [6.45, 7) is 1.64. The maximum absolute atomic E-state index is 12.8. The van der Waals surface area contributed by atoms with Gasteiger partial charge in [0.05, 0.1) is 17.2 Å². The van der Waals surface area contributed by atoms with Crippen LogP contribution in [0, 0.1) is 5.92 Å². The summed E-state index contributed by atoms with van der Waals surface area (Å²) >= 11 is 0. The molecule has 0 bridgehead atoms. The zero-order chi connectivity index (χ0) is 17.2. The predicted molar refractivity (Wildman–Crippen MR) is 84.8 cm³/mol. The summed E-state index contributed by atoms with van der Waals surface area (Å²) in [5.41, 5.74) is 0.220. The third-order valence-corrected chi connectivity index (χ3v) is 4.38. The summed E-state index contributed by atoms with van der Waals surface area (Å²) in [6.07, 6.45) is -1.82. The summed E-state index contributed by atoms with van der Waals surface area (Å²) in [5.74, 6) is 0.177. The molecule has 0 saturated carbocycles. The fourth-order valence-electron chi connectivity index (χ4n) is 2.96. The van der Waals surface area contributed by atoms with Crippen LogP contribution >= 0.6 is 0 Å². The molecule has 1 atom stereocenters. The highest BCUT2D eigenvalue weighted by Crippen LogP contribution is 2.32. The van der Waals surface area contributed by atoms with Crippen molar-refractivity contribution in [1.29, 1.82) is 0 Å². The van der Waals surface area contributed by atoms with Crippen molar-refractivity contribution >= 4 is 16.6 Å². The molecule has 1 aliphatic rings. The van der Waals surface area contributed by atoms with Crippen molar-refractivity contribution in [3.8, 4) is 0 Å². The number of aliphatic hydroxyl groups is 1. The number of benzene rings is 1.